The maximum atomic E-state index is 5.46. The molecule has 1 unspecified atom stereocenters. The molecule has 0 rings (SSSR count). The van der Waals surface area contributed by atoms with E-state index in [1.807, 2.05) is 6.92 Å². The molecule has 68 valence electrons. The van der Waals surface area contributed by atoms with Crippen LogP contribution in [0.1, 0.15) is 13.8 Å². The first-order valence-electron chi connectivity index (χ1n) is 3.63. The summed E-state index contributed by atoms with van der Waals surface area (Å²) in [4.78, 5) is 0. The lowest BCUT2D eigenvalue weighted by atomic mass is 10.4. The second-order valence-corrected chi connectivity index (χ2v) is 2.16. The minimum atomic E-state index is -1.38. The molecule has 0 fully saturated rings. The van der Waals surface area contributed by atoms with Gasteiger partial charge in [-0.15, -0.1) is 0 Å². The Hall–Kier alpha value is -0.200. The van der Waals surface area contributed by atoms with Gasteiger partial charge in [0.25, 0.3) is 0 Å². The smallest absolute Gasteiger partial charge is 0.210 e. The van der Waals surface area contributed by atoms with Gasteiger partial charge in [0.2, 0.25) is 5.85 Å². The fourth-order valence-corrected chi connectivity index (χ4v) is 0.642. The summed E-state index contributed by atoms with van der Waals surface area (Å²) in [7, 11) is 0. The van der Waals surface area contributed by atoms with Crippen LogP contribution in [0.5, 0.6) is 0 Å². The molecule has 0 aliphatic rings. The Balaban J connectivity index is 3.83. The number of hydrogen-bond donors (Lipinski definition) is 3. The van der Waals surface area contributed by atoms with E-state index in [0.29, 0.717) is 13.2 Å². The van der Waals surface area contributed by atoms with Crippen LogP contribution < -0.4 is 17.2 Å². The Morgan fingerprint density at radius 3 is 2.18 bits per heavy atom. The molecule has 0 heterocycles. The Labute approximate surface area is 66.8 Å². The molecule has 0 radical (unpaired) electrons. The molecule has 6 N–H and O–H groups in total. The van der Waals surface area contributed by atoms with Crippen LogP contribution >= 0.6 is 0 Å². The van der Waals surface area contributed by atoms with Gasteiger partial charge in [-0.05, 0) is 13.8 Å². The van der Waals surface area contributed by atoms with Crippen LogP contribution in [0, 0.1) is 0 Å². The second-order valence-electron chi connectivity index (χ2n) is 2.16. The molecule has 5 nitrogen and oxygen atoms in total. The van der Waals surface area contributed by atoms with Gasteiger partial charge in [-0.3, -0.25) is 11.5 Å². The fourth-order valence-electron chi connectivity index (χ4n) is 0.642. The maximum absolute atomic E-state index is 5.46. The highest BCUT2D eigenvalue weighted by Crippen LogP contribution is 2.00. The summed E-state index contributed by atoms with van der Waals surface area (Å²) < 4.78 is 9.91. The quantitative estimate of drug-likeness (QED) is 0.448. The molecule has 0 aliphatic heterocycles. The Kier molecular flexibility index (Phi) is 4.55. The van der Waals surface area contributed by atoms with Crippen molar-refractivity contribution in [3.05, 3.63) is 0 Å². The summed E-state index contributed by atoms with van der Waals surface area (Å²) in [5, 5.41) is 0. The molecule has 0 aliphatic carbocycles. The molecular formula is C6H17N3O2. The fraction of sp³-hybridized carbons (Fsp3) is 1.00. The lowest BCUT2D eigenvalue weighted by Crippen LogP contribution is -2.65. The van der Waals surface area contributed by atoms with Crippen molar-refractivity contribution in [3.8, 4) is 0 Å². The van der Waals surface area contributed by atoms with Crippen LogP contribution in [-0.4, -0.2) is 25.3 Å². The van der Waals surface area contributed by atoms with Crippen LogP contribution in [0.25, 0.3) is 0 Å². The minimum Gasteiger partial charge on any atom is -0.358 e. The zero-order chi connectivity index (χ0) is 8.91. The van der Waals surface area contributed by atoms with Gasteiger partial charge in [0.05, 0.1) is 0 Å². The van der Waals surface area contributed by atoms with Crippen LogP contribution in [0.3, 0.4) is 0 Å². The van der Waals surface area contributed by atoms with Gasteiger partial charge in [-0.25, -0.2) is 0 Å². The van der Waals surface area contributed by atoms with Gasteiger partial charge in [0.15, 0.2) is 6.23 Å². The van der Waals surface area contributed by atoms with Crippen LogP contribution in [0.4, 0.5) is 0 Å². The third kappa shape index (κ3) is 3.64. The largest absolute Gasteiger partial charge is 0.358 e. The van der Waals surface area contributed by atoms with Crippen molar-refractivity contribution in [1.82, 2.24) is 0 Å². The van der Waals surface area contributed by atoms with Gasteiger partial charge in [0.1, 0.15) is 0 Å². The summed E-state index contributed by atoms with van der Waals surface area (Å²) >= 11 is 0. The Morgan fingerprint density at radius 2 is 1.82 bits per heavy atom. The molecule has 0 amide bonds. The van der Waals surface area contributed by atoms with Crippen molar-refractivity contribution in [1.29, 1.82) is 0 Å². The van der Waals surface area contributed by atoms with Gasteiger partial charge >= 0.3 is 0 Å². The molecule has 0 aromatic carbocycles. The average Bonchev–Trinajstić information content (AvgIpc) is 1.88. The second kappa shape index (κ2) is 4.63. The van der Waals surface area contributed by atoms with Crippen LogP contribution in [0.2, 0.25) is 0 Å². The van der Waals surface area contributed by atoms with Gasteiger partial charge in [-0.2, -0.15) is 0 Å². The summed E-state index contributed by atoms with van der Waals surface area (Å²) in [6, 6.07) is 0. The predicted octanol–water partition coefficient (Wildman–Crippen LogP) is -1.08. The number of rotatable bonds is 5. The Morgan fingerprint density at radius 1 is 1.27 bits per heavy atom. The van der Waals surface area contributed by atoms with E-state index >= 15 is 0 Å². The van der Waals surface area contributed by atoms with Crippen LogP contribution in [0.15, 0.2) is 0 Å². The molecule has 1 atom stereocenters. The van der Waals surface area contributed by atoms with Crippen molar-refractivity contribution in [2.45, 2.75) is 25.9 Å². The van der Waals surface area contributed by atoms with E-state index in [9.17, 15) is 0 Å². The Bertz CT molecular complexity index is 108. The third-order valence-corrected chi connectivity index (χ3v) is 1.19. The summed E-state index contributed by atoms with van der Waals surface area (Å²) in [6.07, 6.45) is -0.785. The van der Waals surface area contributed by atoms with E-state index in [1.54, 1.807) is 6.92 Å². The van der Waals surface area contributed by atoms with E-state index < -0.39 is 12.1 Å². The lowest BCUT2D eigenvalue weighted by molar-refractivity contribution is -0.134. The molecule has 0 bridgehead atoms. The van der Waals surface area contributed by atoms with Crippen molar-refractivity contribution in [2.24, 2.45) is 17.2 Å². The van der Waals surface area contributed by atoms with E-state index in [1.165, 1.54) is 0 Å². The zero-order valence-electron chi connectivity index (χ0n) is 7.04. The molecular weight excluding hydrogens is 146 g/mol. The van der Waals surface area contributed by atoms with Crippen molar-refractivity contribution < 1.29 is 9.47 Å². The van der Waals surface area contributed by atoms with E-state index in [4.69, 9.17) is 26.7 Å². The SMILES string of the molecule is CCOC(N)C(N)(N)OCC. The topological polar surface area (TPSA) is 96.5 Å². The third-order valence-electron chi connectivity index (χ3n) is 1.19. The number of ether oxygens (including phenoxy) is 2. The lowest BCUT2D eigenvalue weighted by Gasteiger charge is -2.29. The first-order chi connectivity index (χ1) is 5.04. The van der Waals surface area contributed by atoms with Crippen molar-refractivity contribution in [2.75, 3.05) is 13.2 Å². The standard InChI is InChI=1S/C6H17N3O2/c1-3-10-5(7)6(8,9)11-4-2/h5H,3-4,7-9H2,1-2H3. The zero-order valence-corrected chi connectivity index (χ0v) is 7.04. The minimum absolute atomic E-state index is 0.410. The molecule has 0 saturated heterocycles. The number of hydrogen-bond acceptors (Lipinski definition) is 5. The van der Waals surface area contributed by atoms with Crippen molar-refractivity contribution in [3.63, 3.8) is 0 Å². The molecule has 11 heavy (non-hydrogen) atoms. The summed E-state index contributed by atoms with van der Waals surface area (Å²) in [6.45, 7) is 4.47. The summed E-state index contributed by atoms with van der Waals surface area (Å²) in [5.74, 6) is -1.38. The van der Waals surface area contributed by atoms with Crippen LogP contribution in [-0.2, 0) is 9.47 Å². The monoisotopic (exact) mass is 163 g/mol. The van der Waals surface area contributed by atoms with E-state index in [0.717, 1.165) is 0 Å². The molecule has 0 aromatic heterocycles. The van der Waals surface area contributed by atoms with Gasteiger partial charge in [0, 0.05) is 13.2 Å². The van der Waals surface area contributed by atoms with E-state index in [-0.39, 0.29) is 0 Å². The van der Waals surface area contributed by atoms with Crippen molar-refractivity contribution >= 4 is 0 Å². The summed E-state index contributed by atoms with van der Waals surface area (Å²) in [5.41, 5.74) is 16.4. The average molecular weight is 163 g/mol. The van der Waals surface area contributed by atoms with Gasteiger partial charge in [-0.1, -0.05) is 0 Å². The normalized spacial score (nSPS) is 15.0. The maximum Gasteiger partial charge on any atom is 0.210 e. The predicted molar refractivity (Wildman–Crippen MR) is 42.3 cm³/mol. The number of nitrogens with two attached hydrogens (primary N) is 3. The molecule has 0 spiro atoms. The van der Waals surface area contributed by atoms with Gasteiger partial charge < -0.3 is 15.2 Å². The first-order valence-corrected chi connectivity index (χ1v) is 3.63. The first kappa shape index (κ1) is 10.8. The molecule has 5 heteroatoms. The van der Waals surface area contributed by atoms with E-state index in [2.05, 4.69) is 0 Å². The highest BCUT2D eigenvalue weighted by atomic mass is 16.6. The molecule has 0 aromatic rings. The molecule has 0 saturated carbocycles. The highest BCUT2D eigenvalue weighted by Gasteiger charge is 2.28. The highest BCUT2D eigenvalue weighted by molar-refractivity contribution is 4.71.